The van der Waals surface area contributed by atoms with Gasteiger partial charge < -0.3 is 19.8 Å². The maximum Gasteiger partial charge on any atom is 0.253 e. The van der Waals surface area contributed by atoms with Crippen molar-refractivity contribution in [3.05, 3.63) is 48.2 Å². The topological polar surface area (TPSA) is 82.0 Å². The molecule has 1 saturated heterocycles. The van der Waals surface area contributed by atoms with Gasteiger partial charge in [-0.05, 0) is 56.2 Å². The van der Waals surface area contributed by atoms with E-state index in [0.29, 0.717) is 12.1 Å². The molecule has 1 amide bonds. The molecular weight excluding hydrogens is 412 g/mol. The normalized spacial score (nSPS) is 16.6. The van der Waals surface area contributed by atoms with Gasteiger partial charge in [0.2, 0.25) is 0 Å². The number of aryl methyl sites for hydroxylation is 2. The van der Waals surface area contributed by atoms with Gasteiger partial charge in [0.05, 0.1) is 16.7 Å². The van der Waals surface area contributed by atoms with Crippen molar-refractivity contribution < 1.29 is 4.79 Å². The van der Waals surface area contributed by atoms with Crippen LogP contribution in [0.1, 0.15) is 30.1 Å². The second-order valence-corrected chi connectivity index (χ2v) is 8.04. The Morgan fingerprint density at radius 3 is 2.87 bits per heavy atom. The number of pyridine rings is 1. The van der Waals surface area contributed by atoms with E-state index in [0.717, 1.165) is 59.5 Å². The smallest absolute Gasteiger partial charge is 0.253 e. The number of benzene rings is 1. The SMILES string of the molecule is CCn1c(-c2nc3cc(C(=O)N4CCC[C@@H](N)C4)ccc3n2C)cc2cccnc21.Cl. The van der Waals surface area contributed by atoms with Crippen molar-refractivity contribution in [1.82, 2.24) is 24.0 Å². The Morgan fingerprint density at radius 1 is 1.26 bits per heavy atom. The van der Waals surface area contributed by atoms with Crippen LogP contribution in [0.3, 0.4) is 0 Å². The molecule has 0 bridgehead atoms. The number of imidazole rings is 1. The van der Waals surface area contributed by atoms with Gasteiger partial charge in [-0.3, -0.25) is 4.79 Å². The Labute approximate surface area is 187 Å². The number of hydrogen-bond acceptors (Lipinski definition) is 4. The summed E-state index contributed by atoms with van der Waals surface area (Å²) in [6.07, 6.45) is 3.75. The number of nitrogens with zero attached hydrogens (tertiary/aromatic N) is 5. The molecule has 8 heteroatoms. The molecule has 5 rings (SSSR count). The van der Waals surface area contributed by atoms with Crippen LogP contribution in [0.5, 0.6) is 0 Å². The number of fused-ring (bicyclic) bond motifs is 2. The number of piperidine rings is 1. The van der Waals surface area contributed by atoms with Crippen molar-refractivity contribution in [3.8, 4) is 11.5 Å². The van der Waals surface area contributed by atoms with Gasteiger partial charge in [0.15, 0.2) is 5.82 Å². The van der Waals surface area contributed by atoms with E-state index in [1.165, 1.54) is 0 Å². The first kappa shape index (κ1) is 21.3. The summed E-state index contributed by atoms with van der Waals surface area (Å²) in [4.78, 5) is 24.3. The van der Waals surface area contributed by atoms with Gasteiger partial charge in [0.1, 0.15) is 5.65 Å². The lowest BCUT2D eigenvalue weighted by Crippen LogP contribution is -2.45. The molecular formula is C23H27ClN6O. The minimum absolute atomic E-state index is 0. The number of aromatic nitrogens is 4. The fraction of sp³-hybridized carbons (Fsp3) is 0.348. The van der Waals surface area contributed by atoms with Gasteiger partial charge >= 0.3 is 0 Å². The first-order valence-corrected chi connectivity index (χ1v) is 10.5. The highest BCUT2D eigenvalue weighted by Crippen LogP contribution is 2.29. The Balaban J connectivity index is 0.00000231. The van der Waals surface area contributed by atoms with Crippen LogP contribution in [0.2, 0.25) is 0 Å². The standard InChI is InChI=1S/C23H26N6O.ClH/c1-3-29-20(13-15-6-4-10-25-21(15)29)22-26-18-12-16(8-9-19(18)27(22)2)23(30)28-11-5-7-17(24)14-28;/h4,6,8-10,12-13,17H,3,5,7,11,14,24H2,1-2H3;1H/t17-;/m1./s1. The van der Waals surface area contributed by atoms with Crippen LogP contribution >= 0.6 is 12.4 Å². The summed E-state index contributed by atoms with van der Waals surface area (Å²) < 4.78 is 4.26. The molecule has 1 aromatic carbocycles. The lowest BCUT2D eigenvalue weighted by molar-refractivity contribution is 0.0709. The summed E-state index contributed by atoms with van der Waals surface area (Å²) in [6.45, 7) is 4.30. The average molecular weight is 439 g/mol. The number of carbonyl (C=O) groups is 1. The largest absolute Gasteiger partial charge is 0.337 e. The highest BCUT2D eigenvalue weighted by molar-refractivity contribution is 5.98. The van der Waals surface area contributed by atoms with E-state index >= 15 is 0 Å². The number of likely N-dealkylation sites (tertiary alicyclic amines) is 1. The second-order valence-electron chi connectivity index (χ2n) is 8.04. The summed E-state index contributed by atoms with van der Waals surface area (Å²) in [6, 6.07) is 12.0. The molecule has 31 heavy (non-hydrogen) atoms. The molecule has 162 valence electrons. The predicted octanol–water partition coefficient (Wildman–Crippen LogP) is 3.60. The summed E-state index contributed by atoms with van der Waals surface area (Å²) in [5.41, 5.74) is 10.5. The minimum atomic E-state index is 0. The second kappa shape index (κ2) is 8.32. The maximum atomic E-state index is 13.0. The highest BCUT2D eigenvalue weighted by atomic mass is 35.5. The molecule has 0 radical (unpaired) electrons. The third-order valence-electron chi connectivity index (χ3n) is 6.07. The minimum Gasteiger partial charge on any atom is -0.337 e. The molecule has 2 N–H and O–H groups in total. The van der Waals surface area contributed by atoms with E-state index in [1.807, 2.05) is 42.4 Å². The fourth-order valence-corrected chi connectivity index (χ4v) is 4.53. The van der Waals surface area contributed by atoms with Crippen LogP contribution < -0.4 is 5.73 Å². The van der Waals surface area contributed by atoms with Crippen LogP contribution in [-0.2, 0) is 13.6 Å². The third-order valence-corrected chi connectivity index (χ3v) is 6.07. The molecule has 4 heterocycles. The van der Waals surface area contributed by atoms with Crippen molar-refractivity contribution in [2.45, 2.75) is 32.4 Å². The van der Waals surface area contributed by atoms with Gasteiger partial charge in [-0.2, -0.15) is 0 Å². The first-order chi connectivity index (χ1) is 14.6. The molecule has 1 fully saturated rings. The van der Waals surface area contributed by atoms with Crippen molar-refractivity contribution in [1.29, 1.82) is 0 Å². The van der Waals surface area contributed by atoms with Gasteiger partial charge in [-0.25, -0.2) is 9.97 Å². The molecule has 1 atom stereocenters. The Hall–Kier alpha value is -2.90. The first-order valence-electron chi connectivity index (χ1n) is 10.5. The summed E-state index contributed by atoms with van der Waals surface area (Å²) >= 11 is 0. The van der Waals surface area contributed by atoms with Gasteiger partial charge in [0.25, 0.3) is 5.91 Å². The lowest BCUT2D eigenvalue weighted by Gasteiger charge is -2.30. The van der Waals surface area contributed by atoms with Crippen molar-refractivity contribution in [2.24, 2.45) is 12.8 Å². The number of hydrogen-bond donors (Lipinski definition) is 1. The third kappa shape index (κ3) is 3.58. The predicted molar refractivity (Wildman–Crippen MR) is 125 cm³/mol. The number of nitrogens with two attached hydrogens (primary N) is 1. The van der Waals surface area contributed by atoms with E-state index in [9.17, 15) is 4.79 Å². The van der Waals surface area contributed by atoms with E-state index < -0.39 is 0 Å². The molecule has 1 aliphatic heterocycles. The molecule has 1 aliphatic rings. The van der Waals surface area contributed by atoms with E-state index in [4.69, 9.17) is 10.7 Å². The molecule has 7 nitrogen and oxygen atoms in total. The molecule has 0 aliphatic carbocycles. The van der Waals surface area contributed by atoms with Crippen LogP contribution in [0.4, 0.5) is 0 Å². The quantitative estimate of drug-likeness (QED) is 0.529. The Bertz CT molecular complexity index is 1260. The van der Waals surface area contributed by atoms with Crippen molar-refractivity contribution in [2.75, 3.05) is 13.1 Å². The number of halogens is 1. The summed E-state index contributed by atoms with van der Waals surface area (Å²) in [7, 11) is 2.01. The average Bonchev–Trinajstić information content (AvgIpc) is 3.30. The highest BCUT2D eigenvalue weighted by Gasteiger charge is 2.23. The zero-order chi connectivity index (χ0) is 20.8. The van der Waals surface area contributed by atoms with Crippen LogP contribution in [0.15, 0.2) is 42.6 Å². The van der Waals surface area contributed by atoms with Gasteiger partial charge in [-0.15, -0.1) is 12.4 Å². The molecule has 0 saturated carbocycles. The molecule has 0 unspecified atom stereocenters. The number of amides is 1. The molecule has 3 aromatic heterocycles. The van der Waals surface area contributed by atoms with Gasteiger partial charge in [0, 0.05) is 49.9 Å². The summed E-state index contributed by atoms with van der Waals surface area (Å²) in [5, 5.41) is 1.10. The van der Waals surface area contributed by atoms with Crippen molar-refractivity contribution in [3.63, 3.8) is 0 Å². The maximum absolute atomic E-state index is 13.0. The Kier molecular flexibility index (Phi) is 5.73. The van der Waals surface area contributed by atoms with Crippen LogP contribution in [0, 0.1) is 0 Å². The number of carbonyl (C=O) groups excluding carboxylic acids is 1. The fourth-order valence-electron chi connectivity index (χ4n) is 4.53. The monoisotopic (exact) mass is 438 g/mol. The molecule has 4 aromatic rings. The Morgan fingerprint density at radius 2 is 2.10 bits per heavy atom. The van der Waals surface area contributed by atoms with E-state index in [2.05, 4.69) is 33.2 Å². The van der Waals surface area contributed by atoms with Crippen LogP contribution in [0.25, 0.3) is 33.6 Å². The summed E-state index contributed by atoms with van der Waals surface area (Å²) in [5.74, 6) is 0.903. The van der Waals surface area contributed by atoms with E-state index in [1.54, 1.807) is 0 Å². The zero-order valence-corrected chi connectivity index (χ0v) is 18.6. The lowest BCUT2D eigenvalue weighted by atomic mass is 10.1. The van der Waals surface area contributed by atoms with E-state index in [-0.39, 0.29) is 24.4 Å². The van der Waals surface area contributed by atoms with Crippen LogP contribution in [-0.4, -0.2) is 49.0 Å². The number of rotatable bonds is 3. The molecule has 0 spiro atoms. The van der Waals surface area contributed by atoms with Crippen molar-refractivity contribution >= 4 is 40.4 Å². The van der Waals surface area contributed by atoms with Gasteiger partial charge in [-0.1, -0.05) is 0 Å². The zero-order valence-electron chi connectivity index (χ0n) is 17.8.